The predicted molar refractivity (Wildman–Crippen MR) is 82.6 cm³/mol. The van der Waals surface area contributed by atoms with Crippen LogP contribution in [0.1, 0.15) is 57.6 Å². The van der Waals surface area contributed by atoms with Gasteiger partial charge in [-0.2, -0.15) is 0 Å². The summed E-state index contributed by atoms with van der Waals surface area (Å²) in [6.07, 6.45) is 4.71. The van der Waals surface area contributed by atoms with Crippen LogP contribution in [0.3, 0.4) is 0 Å². The standard InChI is InChI=1S/C17H27NO/c1-5-8-15(9-6-2)17(18-19-7-3)16-12-10-14(4)11-13-16/h10-13,15H,5-9H2,1-4H3. The molecule has 1 aromatic rings. The SMILES string of the molecule is CCCC(CCC)C(=NOCC)c1ccc(C)cc1. The summed E-state index contributed by atoms with van der Waals surface area (Å²) >= 11 is 0. The van der Waals surface area contributed by atoms with E-state index in [4.69, 9.17) is 4.84 Å². The van der Waals surface area contributed by atoms with E-state index in [9.17, 15) is 0 Å². The van der Waals surface area contributed by atoms with E-state index in [1.807, 2.05) is 6.92 Å². The molecular formula is C17H27NO. The molecule has 0 heterocycles. The zero-order chi connectivity index (χ0) is 14.1. The molecule has 2 nitrogen and oxygen atoms in total. The van der Waals surface area contributed by atoms with Crippen molar-refractivity contribution in [3.63, 3.8) is 0 Å². The molecular weight excluding hydrogens is 234 g/mol. The Balaban J connectivity index is 3.01. The number of hydrogen-bond acceptors (Lipinski definition) is 2. The van der Waals surface area contributed by atoms with E-state index in [1.165, 1.54) is 36.8 Å². The van der Waals surface area contributed by atoms with Gasteiger partial charge in [-0.3, -0.25) is 0 Å². The van der Waals surface area contributed by atoms with E-state index in [2.05, 4.69) is 50.2 Å². The number of oxime groups is 1. The highest BCUT2D eigenvalue weighted by Gasteiger charge is 2.17. The minimum atomic E-state index is 0.504. The molecule has 0 aromatic heterocycles. The number of aryl methyl sites for hydroxylation is 1. The van der Waals surface area contributed by atoms with Gasteiger partial charge in [-0.05, 0) is 32.3 Å². The van der Waals surface area contributed by atoms with E-state index in [1.54, 1.807) is 0 Å². The third kappa shape index (κ3) is 5.06. The van der Waals surface area contributed by atoms with Crippen molar-refractivity contribution in [1.82, 2.24) is 0 Å². The van der Waals surface area contributed by atoms with E-state index < -0.39 is 0 Å². The summed E-state index contributed by atoms with van der Waals surface area (Å²) in [6, 6.07) is 8.61. The van der Waals surface area contributed by atoms with Crippen LogP contribution in [0, 0.1) is 12.8 Å². The van der Waals surface area contributed by atoms with Crippen molar-refractivity contribution < 1.29 is 4.84 Å². The number of hydrogen-bond donors (Lipinski definition) is 0. The van der Waals surface area contributed by atoms with Crippen molar-refractivity contribution in [3.05, 3.63) is 35.4 Å². The molecule has 0 spiro atoms. The predicted octanol–water partition coefficient (Wildman–Crippen LogP) is 4.95. The van der Waals surface area contributed by atoms with Gasteiger partial charge in [-0.15, -0.1) is 0 Å². The lowest BCUT2D eigenvalue weighted by Gasteiger charge is -2.18. The zero-order valence-corrected chi connectivity index (χ0v) is 12.8. The van der Waals surface area contributed by atoms with Crippen LogP contribution in [-0.4, -0.2) is 12.3 Å². The number of nitrogens with zero attached hydrogens (tertiary/aromatic N) is 1. The van der Waals surface area contributed by atoms with Gasteiger partial charge in [0.05, 0.1) is 5.71 Å². The summed E-state index contributed by atoms with van der Waals surface area (Å²) in [5.74, 6) is 0.504. The summed E-state index contributed by atoms with van der Waals surface area (Å²) in [6.45, 7) is 9.18. The molecule has 0 bridgehead atoms. The van der Waals surface area contributed by atoms with Crippen molar-refractivity contribution in [2.24, 2.45) is 11.1 Å². The highest BCUT2D eigenvalue weighted by Crippen LogP contribution is 2.21. The summed E-state index contributed by atoms with van der Waals surface area (Å²) in [7, 11) is 0. The molecule has 1 rings (SSSR count). The third-order valence-electron chi connectivity index (χ3n) is 3.30. The van der Waals surface area contributed by atoms with Crippen LogP contribution >= 0.6 is 0 Å². The highest BCUT2D eigenvalue weighted by molar-refractivity contribution is 6.01. The van der Waals surface area contributed by atoms with Gasteiger partial charge in [-0.1, -0.05) is 61.7 Å². The van der Waals surface area contributed by atoms with Gasteiger partial charge >= 0.3 is 0 Å². The van der Waals surface area contributed by atoms with Gasteiger partial charge in [-0.25, -0.2) is 0 Å². The van der Waals surface area contributed by atoms with E-state index in [0.29, 0.717) is 12.5 Å². The highest BCUT2D eigenvalue weighted by atomic mass is 16.6. The molecule has 0 N–H and O–H groups in total. The van der Waals surface area contributed by atoms with E-state index in [-0.39, 0.29) is 0 Å². The maximum Gasteiger partial charge on any atom is 0.114 e. The van der Waals surface area contributed by atoms with Crippen LogP contribution in [0.15, 0.2) is 29.4 Å². The van der Waals surface area contributed by atoms with Crippen molar-refractivity contribution in [2.75, 3.05) is 6.61 Å². The van der Waals surface area contributed by atoms with Crippen molar-refractivity contribution in [3.8, 4) is 0 Å². The largest absolute Gasteiger partial charge is 0.396 e. The zero-order valence-electron chi connectivity index (χ0n) is 12.8. The molecule has 2 heteroatoms. The Kier molecular flexibility index (Phi) is 7.24. The van der Waals surface area contributed by atoms with Gasteiger partial charge in [0.15, 0.2) is 0 Å². The molecule has 0 fully saturated rings. The lowest BCUT2D eigenvalue weighted by atomic mass is 9.89. The molecule has 1 aromatic carbocycles. The fourth-order valence-corrected chi connectivity index (χ4v) is 2.34. The molecule has 0 radical (unpaired) electrons. The second kappa shape index (κ2) is 8.73. The Morgan fingerprint density at radius 3 is 2.11 bits per heavy atom. The quantitative estimate of drug-likeness (QED) is 0.479. The van der Waals surface area contributed by atoms with Gasteiger partial charge in [0, 0.05) is 5.92 Å². The Morgan fingerprint density at radius 2 is 1.63 bits per heavy atom. The van der Waals surface area contributed by atoms with Crippen LogP contribution in [-0.2, 0) is 4.84 Å². The average molecular weight is 261 g/mol. The normalized spacial score (nSPS) is 11.9. The van der Waals surface area contributed by atoms with Gasteiger partial charge in [0.1, 0.15) is 6.61 Å². The second-order valence-corrected chi connectivity index (χ2v) is 5.03. The summed E-state index contributed by atoms with van der Waals surface area (Å²) in [5, 5.41) is 4.40. The first-order chi connectivity index (χ1) is 9.22. The minimum absolute atomic E-state index is 0.504. The van der Waals surface area contributed by atoms with Gasteiger partial charge in [0.2, 0.25) is 0 Å². The Bertz CT molecular complexity index is 375. The monoisotopic (exact) mass is 261 g/mol. The first-order valence-electron chi connectivity index (χ1n) is 7.49. The van der Waals surface area contributed by atoms with Crippen LogP contribution in [0.5, 0.6) is 0 Å². The van der Waals surface area contributed by atoms with Crippen LogP contribution in [0.25, 0.3) is 0 Å². The van der Waals surface area contributed by atoms with E-state index in [0.717, 1.165) is 5.71 Å². The lowest BCUT2D eigenvalue weighted by molar-refractivity contribution is 0.157. The smallest absolute Gasteiger partial charge is 0.114 e. The van der Waals surface area contributed by atoms with Crippen molar-refractivity contribution >= 4 is 5.71 Å². The molecule has 0 saturated heterocycles. The van der Waals surface area contributed by atoms with Crippen molar-refractivity contribution in [2.45, 2.75) is 53.4 Å². The second-order valence-electron chi connectivity index (χ2n) is 5.03. The van der Waals surface area contributed by atoms with E-state index >= 15 is 0 Å². The molecule has 0 amide bonds. The maximum atomic E-state index is 5.34. The lowest BCUT2D eigenvalue weighted by Crippen LogP contribution is -2.16. The molecule has 0 aliphatic rings. The Hall–Kier alpha value is -1.31. The number of rotatable bonds is 8. The molecule has 106 valence electrons. The molecule has 0 saturated carbocycles. The van der Waals surface area contributed by atoms with Crippen LogP contribution in [0.4, 0.5) is 0 Å². The number of benzene rings is 1. The third-order valence-corrected chi connectivity index (χ3v) is 3.30. The summed E-state index contributed by atoms with van der Waals surface area (Å²) in [4.78, 5) is 5.34. The minimum Gasteiger partial charge on any atom is -0.396 e. The Labute approximate surface area is 117 Å². The van der Waals surface area contributed by atoms with Crippen LogP contribution < -0.4 is 0 Å². The topological polar surface area (TPSA) is 21.6 Å². The average Bonchev–Trinajstić information content (AvgIpc) is 2.41. The van der Waals surface area contributed by atoms with Gasteiger partial charge < -0.3 is 4.84 Å². The first-order valence-corrected chi connectivity index (χ1v) is 7.49. The molecule has 19 heavy (non-hydrogen) atoms. The molecule has 0 aliphatic carbocycles. The van der Waals surface area contributed by atoms with Gasteiger partial charge in [0.25, 0.3) is 0 Å². The molecule has 0 unspecified atom stereocenters. The van der Waals surface area contributed by atoms with Crippen molar-refractivity contribution in [1.29, 1.82) is 0 Å². The fourth-order valence-electron chi connectivity index (χ4n) is 2.34. The fraction of sp³-hybridized carbons (Fsp3) is 0.588. The maximum absolute atomic E-state index is 5.34. The summed E-state index contributed by atoms with van der Waals surface area (Å²) < 4.78 is 0. The summed E-state index contributed by atoms with van der Waals surface area (Å²) in [5.41, 5.74) is 3.60. The first kappa shape index (κ1) is 15.7. The molecule has 0 aliphatic heterocycles. The molecule has 0 atom stereocenters. The van der Waals surface area contributed by atoms with Crippen LogP contribution in [0.2, 0.25) is 0 Å². The Morgan fingerprint density at radius 1 is 1.05 bits per heavy atom.